The number of hydrogen-bond acceptors (Lipinski definition) is 5. The number of hydrogen-bond donors (Lipinski definition) is 3. The van der Waals surface area contributed by atoms with Crippen molar-refractivity contribution in [3.63, 3.8) is 0 Å². The predicted molar refractivity (Wildman–Crippen MR) is 107 cm³/mol. The van der Waals surface area contributed by atoms with Gasteiger partial charge in [-0.1, -0.05) is 30.3 Å². The molecule has 2 aromatic heterocycles. The van der Waals surface area contributed by atoms with Crippen LogP contribution in [0.25, 0.3) is 22.8 Å². The Morgan fingerprint density at radius 2 is 2.04 bits per heavy atom. The normalized spacial score (nSPS) is 16.7. The Morgan fingerprint density at radius 1 is 1.19 bits per heavy atom. The molecule has 0 spiro atoms. The van der Waals surface area contributed by atoms with E-state index in [1.165, 1.54) is 12.8 Å². The molecule has 0 unspecified atom stereocenters. The number of aromatic nitrogens is 3. The molecule has 0 saturated heterocycles. The second-order valence-corrected chi connectivity index (χ2v) is 6.97. The number of nitrogens with one attached hydrogen (secondary N) is 2. The number of nitrogens with zero attached hydrogens (tertiary/aromatic N) is 3. The fourth-order valence-electron chi connectivity index (χ4n) is 3.16. The van der Waals surface area contributed by atoms with Crippen LogP contribution in [0.3, 0.4) is 0 Å². The molecule has 0 amide bonds. The Bertz CT molecular complexity index is 1050. The van der Waals surface area contributed by atoms with Crippen LogP contribution in [0.5, 0.6) is 5.88 Å². The summed E-state index contributed by atoms with van der Waals surface area (Å²) in [6.07, 6.45) is 7.99. The lowest BCUT2D eigenvalue weighted by Gasteiger charge is -2.04. The largest absolute Gasteiger partial charge is 0.492 e. The van der Waals surface area contributed by atoms with Crippen LogP contribution >= 0.6 is 0 Å². The first-order valence-electron chi connectivity index (χ1n) is 9.11. The van der Waals surface area contributed by atoms with Crippen molar-refractivity contribution in [2.45, 2.75) is 12.8 Å². The minimum atomic E-state index is -0.0187. The maximum Gasteiger partial charge on any atom is 0.238 e. The van der Waals surface area contributed by atoms with Gasteiger partial charge in [0, 0.05) is 35.7 Å². The molecule has 6 heteroatoms. The van der Waals surface area contributed by atoms with Gasteiger partial charge in [0.15, 0.2) is 5.82 Å². The van der Waals surface area contributed by atoms with Crippen molar-refractivity contribution in [1.82, 2.24) is 15.0 Å². The van der Waals surface area contributed by atoms with E-state index in [0.717, 1.165) is 34.7 Å². The summed E-state index contributed by atoms with van der Waals surface area (Å²) in [7, 11) is 0. The third-order valence-corrected chi connectivity index (χ3v) is 4.88. The minimum absolute atomic E-state index is 0.0187. The van der Waals surface area contributed by atoms with Gasteiger partial charge in [-0.3, -0.25) is 0 Å². The van der Waals surface area contributed by atoms with Gasteiger partial charge in [-0.25, -0.2) is 9.98 Å². The Hall–Kier alpha value is -3.41. The average Bonchev–Trinajstić information content (AvgIpc) is 3.36. The second kappa shape index (κ2) is 6.39. The standard InChI is InChI=1S/C21H19N5O/c27-20-18(25-21(26-20)24-10-13-6-7-13)9-16-12-23-19-17(16)8-15(11-22-19)14-4-2-1-3-5-14/h1-5,8-9,11-13,27H,6-7,10H2,(H2,24,25,26)/b16-9-. The number of pyridine rings is 1. The van der Waals surface area contributed by atoms with E-state index in [1.807, 2.05) is 30.5 Å². The van der Waals surface area contributed by atoms with Crippen LogP contribution in [0.1, 0.15) is 24.1 Å². The number of rotatable bonds is 5. The molecular weight excluding hydrogens is 338 g/mol. The summed E-state index contributed by atoms with van der Waals surface area (Å²) in [6.45, 7) is 0.887. The lowest BCUT2D eigenvalue weighted by atomic mass is 10.0. The van der Waals surface area contributed by atoms with Crippen LogP contribution in [-0.4, -0.2) is 32.8 Å². The van der Waals surface area contributed by atoms with Gasteiger partial charge in [-0.05, 0) is 36.5 Å². The Morgan fingerprint density at radius 3 is 2.85 bits per heavy atom. The van der Waals surface area contributed by atoms with Crippen molar-refractivity contribution in [1.29, 1.82) is 0 Å². The Kier molecular flexibility index (Phi) is 3.74. The molecule has 0 radical (unpaired) electrons. The molecule has 3 N–H and O–H groups in total. The van der Waals surface area contributed by atoms with Gasteiger partial charge in [0.1, 0.15) is 5.69 Å². The number of H-pyrrole nitrogens is 1. The lowest BCUT2D eigenvalue weighted by molar-refractivity contribution is 0.455. The average molecular weight is 357 g/mol. The van der Waals surface area contributed by atoms with Gasteiger partial charge in [0.2, 0.25) is 11.8 Å². The third-order valence-electron chi connectivity index (χ3n) is 4.88. The molecule has 134 valence electrons. The summed E-state index contributed by atoms with van der Waals surface area (Å²) in [5.74, 6) is 2.00. The van der Waals surface area contributed by atoms with Gasteiger partial charge in [-0.2, -0.15) is 4.98 Å². The number of aromatic hydroxyl groups is 1. The lowest BCUT2D eigenvalue weighted by Crippen LogP contribution is -2.04. The van der Waals surface area contributed by atoms with Crippen LogP contribution in [0, 0.1) is 5.92 Å². The molecular formula is C21H19N5O. The zero-order valence-electron chi connectivity index (χ0n) is 14.7. The summed E-state index contributed by atoms with van der Waals surface area (Å²) in [5.41, 5.74) is 4.54. The number of allylic oxidation sites excluding steroid dienone is 1. The molecule has 0 bridgehead atoms. The van der Waals surface area contributed by atoms with Crippen LogP contribution < -0.4 is 5.32 Å². The van der Waals surface area contributed by atoms with Crippen LogP contribution in [-0.2, 0) is 0 Å². The van der Waals surface area contributed by atoms with Crippen molar-refractivity contribution >= 4 is 29.6 Å². The summed E-state index contributed by atoms with van der Waals surface area (Å²) < 4.78 is 0. The first-order valence-corrected chi connectivity index (χ1v) is 9.11. The number of benzene rings is 1. The van der Waals surface area contributed by atoms with E-state index in [4.69, 9.17) is 0 Å². The molecule has 0 atom stereocenters. The summed E-state index contributed by atoms with van der Waals surface area (Å²) in [5, 5.41) is 13.4. The number of fused-ring (bicyclic) bond motifs is 1. The van der Waals surface area contributed by atoms with Gasteiger partial charge in [0.25, 0.3) is 0 Å². The highest BCUT2D eigenvalue weighted by Crippen LogP contribution is 2.35. The summed E-state index contributed by atoms with van der Waals surface area (Å²) >= 11 is 0. The smallest absolute Gasteiger partial charge is 0.238 e. The van der Waals surface area contributed by atoms with E-state index in [-0.39, 0.29) is 5.88 Å². The van der Waals surface area contributed by atoms with Crippen molar-refractivity contribution < 1.29 is 5.11 Å². The predicted octanol–water partition coefficient (Wildman–Crippen LogP) is 4.26. The molecule has 1 aromatic carbocycles. The number of imidazole rings is 1. The van der Waals surface area contributed by atoms with Gasteiger partial charge < -0.3 is 15.4 Å². The highest BCUT2D eigenvalue weighted by atomic mass is 16.3. The zero-order valence-corrected chi connectivity index (χ0v) is 14.7. The topological polar surface area (TPSA) is 86.2 Å². The quantitative estimate of drug-likeness (QED) is 0.637. The number of aliphatic imine (C=N–C) groups is 1. The minimum Gasteiger partial charge on any atom is -0.492 e. The fraction of sp³-hybridized carbons (Fsp3) is 0.190. The molecule has 3 heterocycles. The van der Waals surface area contributed by atoms with Gasteiger partial charge in [-0.15, -0.1) is 0 Å². The second-order valence-electron chi connectivity index (χ2n) is 6.97. The first-order chi connectivity index (χ1) is 13.3. The van der Waals surface area contributed by atoms with E-state index in [1.54, 1.807) is 6.21 Å². The molecule has 5 rings (SSSR count). The van der Waals surface area contributed by atoms with Crippen molar-refractivity contribution in [3.8, 4) is 17.0 Å². The van der Waals surface area contributed by atoms with Crippen LogP contribution in [0.2, 0.25) is 0 Å². The summed E-state index contributed by atoms with van der Waals surface area (Å²) in [6, 6.07) is 12.2. The van der Waals surface area contributed by atoms with Crippen LogP contribution in [0.15, 0.2) is 47.6 Å². The number of aromatic amines is 1. The van der Waals surface area contributed by atoms with E-state index in [2.05, 4.69) is 43.5 Å². The van der Waals surface area contributed by atoms with Crippen molar-refractivity contribution in [2.24, 2.45) is 10.9 Å². The molecule has 1 aliphatic heterocycles. The van der Waals surface area contributed by atoms with E-state index in [0.29, 0.717) is 17.5 Å². The maximum absolute atomic E-state index is 10.2. The van der Waals surface area contributed by atoms with E-state index < -0.39 is 0 Å². The van der Waals surface area contributed by atoms with E-state index in [9.17, 15) is 5.11 Å². The monoisotopic (exact) mass is 357 g/mol. The van der Waals surface area contributed by atoms with Crippen molar-refractivity contribution in [2.75, 3.05) is 11.9 Å². The fourth-order valence-corrected chi connectivity index (χ4v) is 3.16. The molecule has 1 aliphatic carbocycles. The summed E-state index contributed by atoms with van der Waals surface area (Å²) in [4.78, 5) is 16.1. The third kappa shape index (κ3) is 3.21. The molecule has 27 heavy (non-hydrogen) atoms. The van der Waals surface area contributed by atoms with Crippen LogP contribution in [0.4, 0.5) is 11.8 Å². The molecule has 6 nitrogen and oxygen atoms in total. The molecule has 3 aromatic rings. The molecule has 1 fully saturated rings. The molecule has 2 aliphatic rings. The molecule has 1 saturated carbocycles. The SMILES string of the molecule is Oc1nc(NCC2CC2)[nH]c1/C=C1/C=Nc2ncc(-c3ccccc3)cc21. The van der Waals surface area contributed by atoms with Gasteiger partial charge in [0.05, 0.1) is 0 Å². The van der Waals surface area contributed by atoms with Gasteiger partial charge >= 0.3 is 0 Å². The Balaban J connectivity index is 1.45. The van der Waals surface area contributed by atoms with Crippen molar-refractivity contribution in [3.05, 3.63) is 53.9 Å². The maximum atomic E-state index is 10.2. The highest BCUT2D eigenvalue weighted by Gasteiger charge is 2.21. The zero-order chi connectivity index (χ0) is 18.2. The van der Waals surface area contributed by atoms with E-state index >= 15 is 0 Å². The Labute approximate surface area is 156 Å². The first kappa shape index (κ1) is 15.8. The number of anilines is 1. The highest BCUT2D eigenvalue weighted by molar-refractivity contribution is 6.21.